The van der Waals surface area contributed by atoms with Crippen LogP contribution in [0.15, 0.2) is 48.5 Å². The third kappa shape index (κ3) is 6.54. The number of hydrogen-bond donors (Lipinski definition) is 2. The summed E-state index contributed by atoms with van der Waals surface area (Å²) in [4.78, 5) is 35.9. The van der Waals surface area contributed by atoms with E-state index >= 15 is 0 Å². The summed E-state index contributed by atoms with van der Waals surface area (Å²) in [6, 6.07) is 14.8. The second-order valence-corrected chi connectivity index (χ2v) is 6.65. The average Bonchev–Trinajstić information content (AvgIpc) is 2.69. The van der Waals surface area contributed by atoms with Crippen molar-refractivity contribution in [2.75, 3.05) is 13.2 Å². The van der Waals surface area contributed by atoms with E-state index in [0.717, 1.165) is 23.1 Å². The molecule has 0 radical (unpaired) electrons. The van der Waals surface area contributed by atoms with E-state index in [1.807, 2.05) is 51.1 Å². The predicted octanol–water partition coefficient (Wildman–Crippen LogP) is 2.84. The van der Waals surface area contributed by atoms with E-state index in [1.165, 1.54) is 0 Å². The third-order valence-corrected chi connectivity index (χ3v) is 4.26. The van der Waals surface area contributed by atoms with E-state index in [9.17, 15) is 14.4 Å². The quantitative estimate of drug-likeness (QED) is 0.688. The molecule has 0 saturated heterocycles. The Morgan fingerprint density at radius 1 is 1.00 bits per heavy atom. The second kappa shape index (κ2) is 10.3. The maximum atomic E-state index is 12.1. The van der Waals surface area contributed by atoms with Crippen molar-refractivity contribution in [3.05, 3.63) is 70.8 Å². The Hall–Kier alpha value is -3.15. The van der Waals surface area contributed by atoms with Crippen molar-refractivity contribution in [2.45, 2.75) is 33.2 Å². The highest BCUT2D eigenvalue weighted by Gasteiger charge is 2.15. The molecule has 0 aromatic heterocycles. The smallest absolute Gasteiger partial charge is 0.325 e. The van der Waals surface area contributed by atoms with E-state index in [-0.39, 0.29) is 31.0 Å². The normalized spacial score (nSPS) is 11.4. The van der Waals surface area contributed by atoms with Gasteiger partial charge in [0.05, 0.1) is 6.04 Å². The van der Waals surface area contributed by atoms with E-state index in [4.69, 9.17) is 4.74 Å². The highest BCUT2D eigenvalue weighted by Crippen LogP contribution is 2.16. The Labute approximate surface area is 165 Å². The number of carbonyl (C=O) groups excluding carboxylic acids is 3. The molecule has 0 aliphatic rings. The van der Waals surface area contributed by atoms with Gasteiger partial charge in [-0.25, -0.2) is 0 Å². The van der Waals surface area contributed by atoms with Gasteiger partial charge in [0.15, 0.2) is 6.61 Å². The summed E-state index contributed by atoms with van der Waals surface area (Å²) in [5, 5.41) is 5.34. The Morgan fingerprint density at radius 2 is 1.71 bits per heavy atom. The average molecular weight is 382 g/mol. The van der Waals surface area contributed by atoms with Crippen LogP contribution in [0.25, 0.3) is 0 Å². The number of rotatable bonds is 8. The minimum atomic E-state index is -0.667. The lowest BCUT2D eigenvalue weighted by Crippen LogP contribution is -2.35. The standard InChI is InChI=1S/C22H26N2O4/c1-4-19(17-10-8-15(2)9-11-17)24-20(25)14-28-21(26)13-23-22(27)18-7-5-6-16(3)12-18/h5-12,19H,4,13-14H2,1-3H3,(H,23,27)(H,24,25)/t19-/m0/s1. The van der Waals surface area contributed by atoms with Crippen molar-refractivity contribution in [2.24, 2.45) is 0 Å². The maximum absolute atomic E-state index is 12.1. The summed E-state index contributed by atoms with van der Waals surface area (Å²) in [6.45, 7) is 5.17. The number of benzene rings is 2. The molecule has 0 heterocycles. The number of hydrogen-bond acceptors (Lipinski definition) is 4. The fourth-order valence-corrected chi connectivity index (χ4v) is 2.69. The van der Waals surface area contributed by atoms with Gasteiger partial charge in [-0.1, -0.05) is 54.4 Å². The van der Waals surface area contributed by atoms with E-state index in [0.29, 0.717) is 5.56 Å². The molecule has 0 aliphatic heterocycles. The fourth-order valence-electron chi connectivity index (χ4n) is 2.69. The highest BCUT2D eigenvalue weighted by atomic mass is 16.5. The van der Waals surface area contributed by atoms with Gasteiger partial charge in [-0.2, -0.15) is 0 Å². The lowest BCUT2D eigenvalue weighted by Gasteiger charge is -2.17. The number of carbonyl (C=O) groups is 3. The van der Waals surface area contributed by atoms with Crippen LogP contribution in [0.4, 0.5) is 0 Å². The Bertz CT molecular complexity index is 831. The summed E-state index contributed by atoms with van der Waals surface area (Å²) < 4.78 is 4.95. The summed E-state index contributed by atoms with van der Waals surface area (Å²) >= 11 is 0. The van der Waals surface area contributed by atoms with Crippen molar-refractivity contribution in [3.63, 3.8) is 0 Å². The molecule has 0 aliphatic carbocycles. The van der Waals surface area contributed by atoms with E-state index in [2.05, 4.69) is 10.6 Å². The van der Waals surface area contributed by atoms with Crippen molar-refractivity contribution in [3.8, 4) is 0 Å². The lowest BCUT2D eigenvalue weighted by molar-refractivity contribution is -0.147. The summed E-state index contributed by atoms with van der Waals surface area (Å²) in [6.07, 6.45) is 0.718. The zero-order chi connectivity index (χ0) is 20.5. The molecule has 0 bridgehead atoms. The molecule has 28 heavy (non-hydrogen) atoms. The van der Waals surface area contributed by atoms with Gasteiger partial charge in [0, 0.05) is 5.56 Å². The minimum absolute atomic E-state index is 0.146. The lowest BCUT2D eigenvalue weighted by atomic mass is 10.0. The van der Waals surface area contributed by atoms with Gasteiger partial charge in [0.25, 0.3) is 11.8 Å². The van der Waals surface area contributed by atoms with Gasteiger partial charge in [-0.05, 0) is 38.0 Å². The van der Waals surface area contributed by atoms with Crippen LogP contribution in [0, 0.1) is 13.8 Å². The van der Waals surface area contributed by atoms with Crippen molar-refractivity contribution in [1.82, 2.24) is 10.6 Å². The summed E-state index contributed by atoms with van der Waals surface area (Å²) in [5.41, 5.74) is 3.56. The molecule has 0 unspecified atom stereocenters. The molecule has 0 saturated carbocycles. The zero-order valence-electron chi connectivity index (χ0n) is 16.5. The van der Waals surface area contributed by atoms with Gasteiger partial charge in [0.2, 0.25) is 0 Å². The van der Waals surface area contributed by atoms with Crippen LogP contribution in [0.3, 0.4) is 0 Å². The van der Waals surface area contributed by atoms with Crippen LogP contribution in [0.2, 0.25) is 0 Å². The molecule has 2 aromatic carbocycles. The fraction of sp³-hybridized carbons (Fsp3) is 0.318. The molecule has 2 rings (SSSR count). The number of esters is 1. The van der Waals surface area contributed by atoms with Gasteiger partial charge in [0.1, 0.15) is 6.54 Å². The van der Waals surface area contributed by atoms with Crippen molar-refractivity contribution < 1.29 is 19.1 Å². The molecular formula is C22H26N2O4. The van der Waals surface area contributed by atoms with Crippen LogP contribution in [-0.2, 0) is 14.3 Å². The maximum Gasteiger partial charge on any atom is 0.325 e. The monoisotopic (exact) mass is 382 g/mol. The summed E-state index contributed by atoms with van der Waals surface area (Å²) in [5.74, 6) is -1.42. The molecule has 2 N–H and O–H groups in total. The molecular weight excluding hydrogens is 356 g/mol. The molecule has 0 fully saturated rings. The molecule has 148 valence electrons. The minimum Gasteiger partial charge on any atom is -0.454 e. The Balaban J connectivity index is 1.76. The predicted molar refractivity (Wildman–Crippen MR) is 107 cm³/mol. The first-order chi connectivity index (χ1) is 13.4. The van der Waals surface area contributed by atoms with Gasteiger partial charge in [-0.15, -0.1) is 0 Å². The molecule has 2 aromatic rings. The van der Waals surface area contributed by atoms with Crippen LogP contribution in [0.1, 0.15) is 46.4 Å². The summed E-state index contributed by atoms with van der Waals surface area (Å²) in [7, 11) is 0. The molecule has 2 amide bonds. The molecule has 6 heteroatoms. The zero-order valence-corrected chi connectivity index (χ0v) is 16.5. The van der Waals surface area contributed by atoms with Gasteiger partial charge >= 0.3 is 5.97 Å². The first kappa shape index (κ1) is 21.2. The Kier molecular flexibility index (Phi) is 7.75. The topological polar surface area (TPSA) is 84.5 Å². The number of nitrogens with one attached hydrogen (secondary N) is 2. The number of ether oxygens (including phenoxy) is 1. The van der Waals surface area contributed by atoms with Crippen molar-refractivity contribution >= 4 is 17.8 Å². The van der Waals surface area contributed by atoms with Crippen LogP contribution < -0.4 is 10.6 Å². The van der Waals surface area contributed by atoms with Crippen LogP contribution in [0.5, 0.6) is 0 Å². The molecule has 6 nitrogen and oxygen atoms in total. The Morgan fingerprint density at radius 3 is 2.36 bits per heavy atom. The molecule has 1 atom stereocenters. The van der Waals surface area contributed by atoms with Crippen LogP contribution >= 0.6 is 0 Å². The SMILES string of the molecule is CC[C@H](NC(=O)COC(=O)CNC(=O)c1cccc(C)c1)c1ccc(C)cc1. The van der Waals surface area contributed by atoms with Crippen molar-refractivity contribution in [1.29, 1.82) is 0 Å². The molecule has 0 spiro atoms. The second-order valence-electron chi connectivity index (χ2n) is 6.65. The first-order valence-electron chi connectivity index (χ1n) is 9.25. The largest absolute Gasteiger partial charge is 0.454 e. The van der Waals surface area contributed by atoms with E-state index < -0.39 is 5.97 Å². The van der Waals surface area contributed by atoms with Crippen LogP contribution in [-0.4, -0.2) is 30.9 Å². The van der Waals surface area contributed by atoms with Gasteiger partial charge in [-0.3, -0.25) is 14.4 Å². The van der Waals surface area contributed by atoms with E-state index in [1.54, 1.807) is 18.2 Å². The third-order valence-electron chi connectivity index (χ3n) is 4.26. The number of aryl methyl sites for hydroxylation is 2. The highest BCUT2D eigenvalue weighted by molar-refractivity contribution is 5.96. The number of amides is 2. The van der Waals surface area contributed by atoms with Gasteiger partial charge < -0.3 is 15.4 Å². The first-order valence-corrected chi connectivity index (χ1v) is 9.25.